The van der Waals surface area contributed by atoms with E-state index in [-0.39, 0.29) is 30.1 Å². The van der Waals surface area contributed by atoms with Gasteiger partial charge in [0.15, 0.2) is 0 Å². The van der Waals surface area contributed by atoms with Crippen molar-refractivity contribution in [2.24, 2.45) is 11.8 Å². The molecule has 2 rings (SSSR count). The Balaban J connectivity index is 2.22. The summed E-state index contributed by atoms with van der Waals surface area (Å²) in [6.45, 7) is 15.4. The molecule has 1 amide bonds. The Labute approximate surface area is 197 Å². The van der Waals surface area contributed by atoms with Crippen molar-refractivity contribution in [2.75, 3.05) is 13.7 Å². The van der Waals surface area contributed by atoms with Crippen LogP contribution in [0.3, 0.4) is 0 Å². The zero-order valence-corrected chi connectivity index (χ0v) is 21.5. The molecule has 2 heterocycles. The Hall–Kier alpha value is -1.90. The van der Waals surface area contributed by atoms with Gasteiger partial charge in [-0.05, 0) is 53.5 Å². The fourth-order valence-electron chi connectivity index (χ4n) is 4.49. The summed E-state index contributed by atoms with van der Waals surface area (Å²) in [5, 5.41) is 10.9. The van der Waals surface area contributed by atoms with Gasteiger partial charge in [-0.25, -0.2) is 9.59 Å². The third-order valence-corrected chi connectivity index (χ3v) is 6.30. The lowest BCUT2D eigenvalue weighted by molar-refractivity contribution is -0.148. The van der Waals surface area contributed by atoms with Crippen LogP contribution in [0.2, 0.25) is 0 Å². The Bertz CT molecular complexity index is 767. The number of hydrogen-bond donors (Lipinski definition) is 1. The highest BCUT2D eigenvalue weighted by Crippen LogP contribution is 2.36. The third-order valence-electron chi connectivity index (χ3n) is 6.30. The van der Waals surface area contributed by atoms with Crippen molar-refractivity contribution < 1.29 is 33.6 Å². The van der Waals surface area contributed by atoms with Crippen molar-refractivity contribution in [3.8, 4) is 0 Å². The molecule has 2 saturated heterocycles. The topological polar surface area (TPSA) is 94.5 Å². The van der Waals surface area contributed by atoms with E-state index < -0.39 is 29.5 Å². The number of methoxy groups -OCH3 is 1. The average Bonchev–Trinajstić information content (AvgIpc) is 3.00. The predicted molar refractivity (Wildman–Crippen MR) is 124 cm³/mol. The summed E-state index contributed by atoms with van der Waals surface area (Å²) in [5.74, 6) is -0.660. The van der Waals surface area contributed by atoms with Crippen LogP contribution in [0, 0.1) is 11.8 Å². The summed E-state index contributed by atoms with van der Waals surface area (Å²) in [6, 6.07) is -0.320. The van der Waals surface area contributed by atoms with Gasteiger partial charge in [0.2, 0.25) is 0 Å². The average molecular weight is 468 g/mol. The van der Waals surface area contributed by atoms with Crippen LogP contribution in [-0.4, -0.2) is 71.5 Å². The number of esters is 1. The van der Waals surface area contributed by atoms with E-state index >= 15 is 0 Å². The molecule has 6 atom stereocenters. The first-order valence-electron chi connectivity index (χ1n) is 11.6. The molecule has 0 spiro atoms. The lowest BCUT2D eigenvalue weighted by atomic mass is 9.79. The number of amides is 1. The number of aliphatic hydroxyl groups excluding tert-OH is 1. The fraction of sp³-hybridized carbons (Fsp3) is 0.760. The van der Waals surface area contributed by atoms with Crippen molar-refractivity contribution in [1.82, 2.24) is 4.90 Å². The summed E-state index contributed by atoms with van der Waals surface area (Å²) in [4.78, 5) is 25.9. The summed E-state index contributed by atoms with van der Waals surface area (Å²) >= 11 is 0. The van der Waals surface area contributed by atoms with Crippen LogP contribution in [0.15, 0.2) is 23.8 Å². The standard InChI is InChI=1S/C25H41NO7/c1-15(13-18-14-31-25(7,8)26(18)23(29)33-24(4,5)6)22-17(3)21(28)16(2)19(32-22)11-10-12-20(27)30-9/h10,12-13,16-19,21-22,28H,11,14H2,1-9H3/b12-10+,15-13+/t16-,17+,18+,19+,21-,22-/m0/s1. The molecule has 2 fully saturated rings. The summed E-state index contributed by atoms with van der Waals surface area (Å²) in [5.41, 5.74) is -0.515. The second kappa shape index (κ2) is 10.6. The van der Waals surface area contributed by atoms with E-state index in [2.05, 4.69) is 4.74 Å². The minimum atomic E-state index is -0.807. The predicted octanol–water partition coefficient (Wildman–Crippen LogP) is 3.82. The molecule has 0 aliphatic carbocycles. The van der Waals surface area contributed by atoms with E-state index in [0.717, 1.165) is 5.57 Å². The highest BCUT2D eigenvalue weighted by atomic mass is 16.6. The lowest BCUT2D eigenvalue weighted by Crippen LogP contribution is -2.50. The van der Waals surface area contributed by atoms with Crippen LogP contribution >= 0.6 is 0 Å². The molecule has 33 heavy (non-hydrogen) atoms. The first kappa shape index (κ1) is 27.3. The van der Waals surface area contributed by atoms with Crippen LogP contribution in [0.4, 0.5) is 4.79 Å². The van der Waals surface area contributed by atoms with Gasteiger partial charge >= 0.3 is 12.1 Å². The Morgan fingerprint density at radius 1 is 1.21 bits per heavy atom. The molecule has 1 N–H and O–H groups in total. The molecule has 0 aromatic rings. The Morgan fingerprint density at radius 3 is 2.42 bits per heavy atom. The smallest absolute Gasteiger partial charge is 0.413 e. The van der Waals surface area contributed by atoms with E-state index in [9.17, 15) is 14.7 Å². The van der Waals surface area contributed by atoms with Gasteiger partial charge < -0.3 is 24.1 Å². The number of carbonyl (C=O) groups excluding carboxylic acids is 2. The highest BCUT2D eigenvalue weighted by molar-refractivity contribution is 5.81. The normalized spacial score (nSPS) is 32.8. The molecule has 2 aliphatic rings. The molecule has 8 heteroatoms. The van der Waals surface area contributed by atoms with Crippen LogP contribution in [0.1, 0.15) is 61.8 Å². The van der Waals surface area contributed by atoms with Crippen molar-refractivity contribution in [3.63, 3.8) is 0 Å². The van der Waals surface area contributed by atoms with Gasteiger partial charge in [0.05, 0.1) is 38.1 Å². The van der Waals surface area contributed by atoms with E-state index in [4.69, 9.17) is 14.2 Å². The van der Waals surface area contributed by atoms with Gasteiger partial charge in [-0.2, -0.15) is 0 Å². The summed E-state index contributed by atoms with van der Waals surface area (Å²) in [6.07, 6.45) is 3.94. The maximum Gasteiger partial charge on any atom is 0.413 e. The molecule has 2 aliphatic heterocycles. The van der Waals surface area contributed by atoms with Gasteiger partial charge in [-0.3, -0.25) is 4.90 Å². The van der Waals surface area contributed by atoms with Crippen LogP contribution < -0.4 is 0 Å². The quantitative estimate of drug-likeness (QED) is 0.373. The minimum absolute atomic E-state index is 0.0987. The monoisotopic (exact) mass is 467 g/mol. The third kappa shape index (κ3) is 6.80. The molecule has 188 valence electrons. The van der Waals surface area contributed by atoms with Gasteiger partial charge in [0.1, 0.15) is 11.3 Å². The Kier molecular flexibility index (Phi) is 8.76. The highest BCUT2D eigenvalue weighted by Gasteiger charge is 2.46. The SMILES string of the molecule is COC(=O)/C=C/C[C@H]1O[C@@H](/C(C)=C/[C@@H]2COC(C)(C)N2C(=O)OC(C)(C)C)[C@H](C)[C@@H](O)[C@H]1C. The maximum absolute atomic E-state index is 12.9. The van der Waals surface area contributed by atoms with Crippen molar-refractivity contribution >= 4 is 12.1 Å². The molecule has 0 saturated carbocycles. The van der Waals surface area contributed by atoms with Gasteiger partial charge in [0.25, 0.3) is 0 Å². The lowest BCUT2D eigenvalue weighted by Gasteiger charge is -2.43. The van der Waals surface area contributed by atoms with Gasteiger partial charge in [-0.1, -0.05) is 26.0 Å². The number of carbonyl (C=O) groups is 2. The van der Waals surface area contributed by atoms with Crippen molar-refractivity contribution in [3.05, 3.63) is 23.8 Å². The van der Waals surface area contributed by atoms with E-state index in [1.165, 1.54) is 13.2 Å². The molecule has 0 bridgehead atoms. The molecule has 0 radical (unpaired) electrons. The maximum atomic E-state index is 12.9. The van der Waals surface area contributed by atoms with E-state index in [1.54, 1.807) is 11.0 Å². The van der Waals surface area contributed by atoms with Crippen LogP contribution in [0.5, 0.6) is 0 Å². The number of rotatable bonds is 5. The van der Waals surface area contributed by atoms with E-state index in [1.807, 2.05) is 61.5 Å². The molecule has 0 aromatic carbocycles. The zero-order chi connectivity index (χ0) is 25.1. The van der Waals surface area contributed by atoms with Crippen molar-refractivity contribution in [2.45, 2.75) is 97.5 Å². The molecular weight excluding hydrogens is 426 g/mol. The second-order valence-electron chi connectivity index (χ2n) is 10.6. The van der Waals surface area contributed by atoms with Gasteiger partial charge in [0, 0.05) is 17.9 Å². The summed E-state index contributed by atoms with van der Waals surface area (Å²) in [7, 11) is 1.33. The number of hydrogen-bond acceptors (Lipinski definition) is 7. The van der Waals surface area contributed by atoms with E-state index in [0.29, 0.717) is 13.0 Å². The van der Waals surface area contributed by atoms with Crippen LogP contribution in [0.25, 0.3) is 0 Å². The number of aliphatic hydroxyl groups is 1. The molecular formula is C25H41NO7. The first-order valence-corrected chi connectivity index (χ1v) is 11.6. The molecule has 8 nitrogen and oxygen atoms in total. The number of nitrogens with zero attached hydrogens (tertiary/aromatic N) is 1. The van der Waals surface area contributed by atoms with Gasteiger partial charge in [-0.15, -0.1) is 0 Å². The largest absolute Gasteiger partial charge is 0.466 e. The zero-order valence-electron chi connectivity index (χ0n) is 21.5. The Morgan fingerprint density at radius 2 is 1.85 bits per heavy atom. The second-order valence-corrected chi connectivity index (χ2v) is 10.6. The fourth-order valence-corrected chi connectivity index (χ4v) is 4.49. The molecule has 0 unspecified atom stereocenters. The summed E-state index contributed by atoms with van der Waals surface area (Å²) < 4.78 is 22.5. The molecule has 0 aromatic heterocycles. The number of ether oxygens (including phenoxy) is 4. The minimum Gasteiger partial charge on any atom is -0.466 e. The first-order chi connectivity index (χ1) is 15.2. The van der Waals surface area contributed by atoms with Crippen molar-refractivity contribution in [1.29, 1.82) is 0 Å². The van der Waals surface area contributed by atoms with Crippen LogP contribution in [-0.2, 0) is 23.7 Å².